The second-order valence-electron chi connectivity index (χ2n) is 4.55. The molecule has 136 valence electrons. The normalized spacial score (nSPS) is 15.6. The van der Waals surface area contributed by atoms with Crippen LogP contribution in [0, 0.1) is 0 Å². The molecule has 1 rings (SSSR count). The zero-order valence-electron chi connectivity index (χ0n) is 13.3. The van der Waals surface area contributed by atoms with Crippen LogP contribution in [0.25, 0.3) is 0 Å². The Morgan fingerprint density at radius 1 is 1.13 bits per heavy atom. The van der Waals surface area contributed by atoms with E-state index in [1.165, 1.54) is 25.9 Å². The number of alkyl halides is 3. The first kappa shape index (κ1) is 28.0. The molecule has 0 unspecified atom stereocenters. The van der Waals surface area contributed by atoms with Crippen molar-refractivity contribution in [3.05, 3.63) is 0 Å². The topological polar surface area (TPSA) is 115 Å². The summed E-state index contributed by atoms with van der Waals surface area (Å²) < 4.78 is 86.9. The first-order chi connectivity index (χ1) is 9.70. The maximum atomic E-state index is 10.7. The van der Waals surface area contributed by atoms with Crippen LogP contribution in [0.3, 0.4) is 0 Å². The zero-order valence-corrected chi connectivity index (χ0v) is 15.0. The molecule has 1 saturated heterocycles. The molecule has 1 aliphatic rings. The number of nitrogens with zero attached hydrogens (tertiary/aromatic N) is 1. The van der Waals surface area contributed by atoms with Gasteiger partial charge in [0.1, 0.15) is 0 Å². The van der Waals surface area contributed by atoms with Gasteiger partial charge in [0.25, 0.3) is 10.1 Å². The van der Waals surface area contributed by atoms with Crippen LogP contribution in [0.2, 0.25) is 0 Å². The summed E-state index contributed by atoms with van der Waals surface area (Å²) in [5.74, 6) is -0.108. The van der Waals surface area contributed by atoms with Crippen molar-refractivity contribution in [2.75, 3.05) is 25.9 Å². The summed E-state index contributed by atoms with van der Waals surface area (Å²) in [4.78, 5) is 2.36. The standard InChI is InChI=1S/C5H11N.C4H10O3S.CHF3O3S.Li/c1-6-4-2-3-5-6;1-2-3-4-8(5,6)7;2-1(3,4)8(5,6)7;/h2-5H2,1H3;2-4H2,1H3,(H,5,6,7);(H,5,6,7);/q;;;+1/p-1. The summed E-state index contributed by atoms with van der Waals surface area (Å²) in [5.41, 5.74) is -5.65. The number of hydrogen-bond donors (Lipinski definition) is 1. The quantitative estimate of drug-likeness (QED) is 0.358. The minimum Gasteiger partial charge on any atom is -0.741 e. The van der Waals surface area contributed by atoms with Gasteiger partial charge >= 0.3 is 24.4 Å². The van der Waals surface area contributed by atoms with Gasteiger partial charge in [0, 0.05) is 0 Å². The minimum atomic E-state index is -6.09. The van der Waals surface area contributed by atoms with E-state index in [0.29, 0.717) is 6.42 Å². The van der Waals surface area contributed by atoms with E-state index in [1.807, 2.05) is 6.92 Å². The van der Waals surface area contributed by atoms with E-state index in [1.54, 1.807) is 0 Å². The number of likely N-dealkylation sites (tertiary alicyclic amines) is 1. The van der Waals surface area contributed by atoms with Crippen LogP contribution in [0.4, 0.5) is 13.2 Å². The van der Waals surface area contributed by atoms with Crippen molar-refractivity contribution in [1.29, 1.82) is 0 Å². The van der Waals surface area contributed by atoms with Crippen molar-refractivity contribution >= 4 is 20.2 Å². The summed E-state index contributed by atoms with van der Waals surface area (Å²) in [6, 6.07) is 0. The van der Waals surface area contributed by atoms with E-state index >= 15 is 0 Å². The second kappa shape index (κ2) is 12.5. The maximum Gasteiger partial charge on any atom is 1.00 e. The Kier molecular flexibility index (Phi) is 15.2. The van der Waals surface area contributed by atoms with Gasteiger partial charge in [-0.1, -0.05) is 13.3 Å². The Bertz CT molecular complexity index is 489. The van der Waals surface area contributed by atoms with E-state index in [4.69, 9.17) is 17.5 Å². The molecule has 0 aromatic heterocycles. The molecule has 1 aliphatic heterocycles. The molecular weight excluding hydrogens is 358 g/mol. The zero-order chi connectivity index (χ0) is 18.0. The molecule has 0 spiro atoms. The molecule has 0 bridgehead atoms. The van der Waals surface area contributed by atoms with Crippen LogP contribution >= 0.6 is 0 Å². The van der Waals surface area contributed by atoms with Gasteiger partial charge in [-0.05, 0) is 39.4 Å². The van der Waals surface area contributed by atoms with E-state index in [0.717, 1.165) is 6.42 Å². The number of rotatable bonds is 3. The van der Waals surface area contributed by atoms with Gasteiger partial charge in [0.15, 0.2) is 10.1 Å². The van der Waals surface area contributed by atoms with Crippen molar-refractivity contribution < 1.29 is 58.0 Å². The van der Waals surface area contributed by atoms with Crippen LogP contribution in [-0.2, 0) is 20.2 Å². The molecular formula is C10H21F3LiNO6S2. The van der Waals surface area contributed by atoms with Gasteiger partial charge in [-0.2, -0.15) is 21.6 Å². The van der Waals surface area contributed by atoms with E-state index < -0.39 is 25.7 Å². The fraction of sp³-hybridized carbons (Fsp3) is 1.00. The smallest absolute Gasteiger partial charge is 0.741 e. The van der Waals surface area contributed by atoms with Crippen molar-refractivity contribution in [3.8, 4) is 0 Å². The van der Waals surface area contributed by atoms with Crippen LogP contribution in [0.15, 0.2) is 0 Å². The van der Waals surface area contributed by atoms with E-state index in [2.05, 4.69) is 11.9 Å². The molecule has 7 nitrogen and oxygen atoms in total. The summed E-state index contributed by atoms with van der Waals surface area (Å²) in [7, 11) is -7.60. The Morgan fingerprint density at radius 2 is 1.48 bits per heavy atom. The second-order valence-corrected chi connectivity index (χ2v) is 7.49. The van der Waals surface area contributed by atoms with Crippen LogP contribution < -0.4 is 18.9 Å². The molecule has 0 radical (unpaired) electrons. The predicted molar refractivity (Wildman–Crippen MR) is 73.8 cm³/mol. The van der Waals surface area contributed by atoms with Crippen molar-refractivity contribution in [2.24, 2.45) is 0 Å². The van der Waals surface area contributed by atoms with Gasteiger partial charge in [-0.15, -0.1) is 0 Å². The van der Waals surface area contributed by atoms with Crippen molar-refractivity contribution in [2.45, 2.75) is 38.1 Å². The Hall–Kier alpha value is 0.167. The van der Waals surface area contributed by atoms with Crippen LogP contribution in [0.5, 0.6) is 0 Å². The minimum absolute atomic E-state index is 0. The van der Waals surface area contributed by atoms with E-state index in [-0.39, 0.29) is 24.6 Å². The molecule has 0 saturated carbocycles. The Morgan fingerprint density at radius 3 is 1.57 bits per heavy atom. The van der Waals surface area contributed by atoms with Gasteiger partial charge in [0.2, 0.25) is 0 Å². The van der Waals surface area contributed by atoms with Crippen LogP contribution in [-0.4, -0.2) is 62.2 Å². The number of halogens is 3. The van der Waals surface area contributed by atoms with Gasteiger partial charge < -0.3 is 9.45 Å². The molecule has 1 fully saturated rings. The third-order valence-electron chi connectivity index (χ3n) is 2.37. The summed E-state index contributed by atoms with van der Waals surface area (Å²) in [6.07, 6.45) is 4.16. The third kappa shape index (κ3) is 20.1. The van der Waals surface area contributed by atoms with E-state index in [9.17, 15) is 21.6 Å². The Labute approximate surface area is 147 Å². The average Bonchev–Trinajstić information content (AvgIpc) is 2.75. The van der Waals surface area contributed by atoms with Crippen LogP contribution in [0.1, 0.15) is 32.6 Å². The molecule has 0 aromatic rings. The van der Waals surface area contributed by atoms with Gasteiger partial charge in [0.05, 0.1) is 5.75 Å². The molecule has 0 aromatic carbocycles. The summed E-state index contributed by atoms with van der Waals surface area (Å²) in [5, 5.41) is 0. The Balaban J connectivity index is -0.000000257. The fourth-order valence-electron chi connectivity index (χ4n) is 1.20. The molecule has 23 heavy (non-hydrogen) atoms. The first-order valence-electron chi connectivity index (χ1n) is 6.36. The van der Waals surface area contributed by atoms with Crippen molar-refractivity contribution in [3.63, 3.8) is 0 Å². The number of unbranched alkanes of at least 4 members (excludes halogenated alkanes) is 1. The van der Waals surface area contributed by atoms with Gasteiger partial charge in [-0.3, -0.25) is 4.55 Å². The molecule has 0 aliphatic carbocycles. The molecule has 13 heteroatoms. The molecule has 0 atom stereocenters. The molecule has 1 N–H and O–H groups in total. The fourth-order valence-corrected chi connectivity index (χ4v) is 1.86. The SMILES string of the molecule is CCCCS(=O)(=O)O.CN1CCCC1.O=S(=O)([O-])C(F)(F)F.[Li+]. The maximum absolute atomic E-state index is 10.7. The largest absolute Gasteiger partial charge is 1.00 e. The summed E-state index contributed by atoms with van der Waals surface area (Å²) in [6.45, 7) is 4.51. The predicted octanol–water partition coefficient (Wildman–Crippen LogP) is -1.56. The monoisotopic (exact) mass is 379 g/mol. The molecule has 1 heterocycles. The number of hydrogen-bond acceptors (Lipinski definition) is 6. The third-order valence-corrected chi connectivity index (χ3v) is 3.74. The van der Waals surface area contributed by atoms with Gasteiger partial charge in [-0.25, -0.2) is 8.42 Å². The summed E-state index contributed by atoms with van der Waals surface area (Å²) >= 11 is 0. The average molecular weight is 379 g/mol. The first-order valence-corrected chi connectivity index (χ1v) is 9.38. The van der Waals surface area contributed by atoms with Crippen molar-refractivity contribution in [1.82, 2.24) is 4.90 Å². The molecule has 0 amide bonds.